The maximum atomic E-state index is 13.4. The summed E-state index contributed by atoms with van der Waals surface area (Å²) in [7, 11) is 0. The summed E-state index contributed by atoms with van der Waals surface area (Å²) in [6.07, 6.45) is -2.68. The molecule has 2 atom stereocenters. The van der Waals surface area contributed by atoms with E-state index in [0.717, 1.165) is 18.9 Å². The van der Waals surface area contributed by atoms with E-state index in [-0.39, 0.29) is 41.0 Å². The summed E-state index contributed by atoms with van der Waals surface area (Å²) in [4.78, 5) is 29.2. The summed E-state index contributed by atoms with van der Waals surface area (Å²) in [6.45, 7) is 8.49. The second kappa shape index (κ2) is 10.7. The maximum Gasteiger partial charge on any atom is 0.417 e. The highest BCUT2D eigenvalue weighted by atomic mass is 19.4. The van der Waals surface area contributed by atoms with Crippen molar-refractivity contribution in [1.82, 2.24) is 10.2 Å². The number of nitrogens with one attached hydrogen (secondary N) is 1. The van der Waals surface area contributed by atoms with E-state index in [1.807, 2.05) is 30.6 Å². The molecule has 186 valence electrons. The topological polar surface area (TPSA) is 76.4 Å². The number of alkyl halides is 3. The van der Waals surface area contributed by atoms with Crippen LogP contribution in [0.1, 0.15) is 51.2 Å². The zero-order chi connectivity index (χ0) is 25.0. The predicted octanol–water partition coefficient (Wildman–Crippen LogP) is 4.05. The van der Waals surface area contributed by atoms with Crippen LogP contribution in [0.4, 0.5) is 18.9 Å². The van der Waals surface area contributed by atoms with Gasteiger partial charge in [-0.25, -0.2) is 0 Å². The average molecular weight is 479 g/mol. The van der Waals surface area contributed by atoms with E-state index < -0.39 is 11.7 Å². The van der Waals surface area contributed by atoms with Crippen LogP contribution in [0, 0.1) is 35.0 Å². The third-order valence-electron chi connectivity index (χ3n) is 6.93. The Labute approximate surface area is 199 Å². The molecule has 9 heteroatoms. The lowest BCUT2D eigenvalue weighted by Gasteiger charge is -2.37. The van der Waals surface area contributed by atoms with Crippen LogP contribution in [0.15, 0.2) is 18.2 Å². The normalized spacial score (nSPS) is 21.6. The second-order valence-corrected chi connectivity index (χ2v) is 9.73. The fourth-order valence-electron chi connectivity index (χ4n) is 5.22. The Balaban J connectivity index is 1.72. The Morgan fingerprint density at radius 2 is 1.88 bits per heavy atom. The molecule has 6 nitrogen and oxygen atoms in total. The first-order chi connectivity index (χ1) is 16.0. The van der Waals surface area contributed by atoms with Gasteiger partial charge in [0.25, 0.3) is 0 Å². The molecule has 2 fully saturated rings. The van der Waals surface area contributed by atoms with Crippen LogP contribution >= 0.6 is 0 Å². The van der Waals surface area contributed by atoms with Gasteiger partial charge in [0.15, 0.2) is 0 Å². The van der Waals surface area contributed by atoms with Crippen molar-refractivity contribution >= 4 is 17.5 Å². The van der Waals surface area contributed by atoms with Crippen LogP contribution in [-0.2, 0) is 15.8 Å². The molecule has 0 spiro atoms. The van der Waals surface area contributed by atoms with Crippen LogP contribution in [0.3, 0.4) is 0 Å². The molecule has 3 rings (SSSR count). The molecular formula is C25H33F3N4O2. The number of piperidine rings is 1. The zero-order valence-corrected chi connectivity index (χ0v) is 20.0. The first-order valence-corrected chi connectivity index (χ1v) is 12.0. The van der Waals surface area contributed by atoms with E-state index in [4.69, 9.17) is 5.26 Å². The lowest BCUT2D eigenvalue weighted by molar-refractivity contribution is -0.137. The minimum absolute atomic E-state index is 0.0308. The Kier molecular flexibility index (Phi) is 8.11. The molecule has 2 amide bonds. The molecule has 0 aliphatic carbocycles. The zero-order valence-electron chi connectivity index (χ0n) is 20.0. The number of amides is 2. The van der Waals surface area contributed by atoms with Crippen molar-refractivity contribution in [2.45, 2.75) is 46.2 Å². The number of carbonyl (C=O) groups is 2. The average Bonchev–Trinajstić information content (AvgIpc) is 3.24. The van der Waals surface area contributed by atoms with Crippen LogP contribution in [0.2, 0.25) is 0 Å². The minimum atomic E-state index is -4.59. The first-order valence-electron chi connectivity index (χ1n) is 12.0. The molecule has 0 bridgehead atoms. The molecule has 0 unspecified atom stereocenters. The highest BCUT2D eigenvalue weighted by Crippen LogP contribution is 2.39. The van der Waals surface area contributed by atoms with E-state index in [1.54, 1.807) is 12.1 Å². The molecule has 2 heterocycles. The van der Waals surface area contributed by atoms with Crippen LogP contribution < -0.4 is 10.2 Å². The Hall–Kier alpha value is -2.76. The molecule has 0 aromatic heterocycles. The molecule has 1 aromatic rings. The number of nitrogens with zero attached hydrogens (tertiary/aromatic N) is 3. The van der Waals surface area contributed by atoms with Gasteiger partial charge in [0.2, 0.25) is 11.8 Å². The summed E-state index contributed by atoms with van der Waals surface area (Å²) >= 11 is 0. The third kappa shape index (κ3) is 5.83. The number of nitriles is 1. The van der Waals surface area contributed by atoms with Gasteiger partial charge >= 0.3 is 6.18 Å². The van der Waals surface area contributed by atoms with Gasteiger partial charge in [-0.05, 0) is 55.7 Å². The first kappa shape index (κ1) is 25.9. The van der Waals surface area contributed by atoms with Crippen molar-refractivity contribution in [2.24, 2.45) is 23.7 Å². The highest BCUT2D eigenvalue weighted by Gasteiger charge is 2.44. The van der Waals surface area contributed by atoms with Crippen LogP contribution in [0.25, 0.3) is 0 Å². The van der Waals surface area contributed by atoms with Crippen molar-refractivity contribution in [1.29, 1.82) is 5.26 Å². The summed E-state index contributed by atoms with van der Waals surface area (Å²) in [5.74, 6) is 0.266. The Morgan fingerprint density at radius 3 is 2.44 bits per heavy atom. The standard InChI is InChI=1S/C25H33F3N4O2/c1-4-30-24(34)21-15-32(23(33)11-16(2)3)14-20(21)17-7-9-31(10-8-17)19-6-5-18(13-29)22(12-19)25(26,27)28/h5-6,12,16-17,20-21H,4,7-11,14-15H2,1-3H3,(H,30,34)/t20-,21+/m0/s1. The number of carbonyl (C=O) groups excluding carboxylic acids is 2. The Bertz CT molecular complexity index is 933. The van der Waals surface area contributed by atoms with Crippen LogP contribution in [-0.4, -0.2) is 49.4 Å². The molecule has 2 aliphatic rings. The maximum absolute atomic E-state index is 13.4. The smallest absolute Gasteiger partial charge is 0.372 e. The van der Waals surface area contributed by atoms with Gasteiger partial charge in [-0.15, -0.1) is 0 Å². The van der Waals surface area contributed by atoms with Crippen LogP contribution in [0.5, 0.6) is 0 Å². The predicted molar refractivity (Wildman–Crippen MR) is 123 cm³/mol. The molecule has 2 aliphatic heterocycles. The van der Waals surface area contributed by atoms with Crippen molar-refractivity contribution in [3.05, 3.63) is 29.3 Å². The monoisotopic (exact) mass is 478 g/mol. The fourth-order valence-corrected chi connectivity index (χ4v) is 5.22. The van der Waals surface area contributed by atoms with Gasteiger partial charge in [0.05, 0.1) is 23.1 Å². The van der Waals surface area contributed by atoms with Crippen molar-refractivity contribution in [3.8, 4) is 6.07 Å². The molecule has 34 heavy (non-hydrogen) atoms. The number of anilines is 1. The Morgan fingerprint density at radius 1 is 1.21 bits per heavy atom. The van der Waals surface area contributed by atoms with E-state index in [1.165, 1.54) is 6.07 Å². The van der Waals surface area contributed by atoms with Gasteiger partial charge in [-0.3, -0.25) is 9.59 Å². The SMILES string of the molecule is CCNC(=O)[C@@H]1CN(C(=O)CC(C)C)C[C@H]1C1CCN(c2ccc(C#N)c(C(F)(F)F)c2)CC1. The molecule has 1 aromatic carbocycles. The van der Waals surface area contributed by atoms with E-state index >= 15 is 0 Å². The number of hydrogen-bond donors (Lipinski definition) is 1. The second-order valence-electron chi connectivity index (χ2n) is 9.73. The quantitative estimate of drug-likeness (QED) is 0.669. The summed E-state index contributed by atoms with van der Waals surface area (Å²) < 4.78 is 40.1. The largest absolute Gasteiger partial charge is 0.417 e. The van der Waals surface area contributed by atoms with Gasteiger partial charge < -0.3 is 15.1 Å². The van der Waals surface area contributed by atoms with Gasteiger partial charge in [-0.1, -0.05) is 13.8 Å². The van der Waals surface area contributed by atoms with Crippen molar-refractivity contribution < 1.29 is 22.8 Å². The van der Waals surface area contributed by atoms with E-state index in [9.17, 15) is 22.8 Å². The van der Waals surface area contributed by atoms with Crippen molar-refractivity contribution in [3.63, 3.8) is 0 Å². The van der Waals surface area contributed by atoms with E-state index in [0.29, 0.717) is 44.8 Å². The number of hydrogen-bond acceptors (Lipinski definition) is 4. The number of rotatable bonds is 6. The lowest BCUT2D eigenvalue weighted by Crippen LogP contribution is -2.41. The van der Waals surface area contributed by atoms with Gasteiger partial charge in [-0.2, -0.15) is 18.4 Å². The van der Waals surface area contributed by atoms with Gasteiger partial charge in [0.1, 0.15) is 0 Å². The minimum Gasteiger partial charge on any atom is -0.372 e. The summed E-state index contributed by atoms with van der Waals surface area (Å²) in [5.41, 5.74) is -0.848. The molecular weight excluding hydrogens is 445 g/mol. The van der Waals surface area contributed by atoms with E-state index in [2.05, 4.69) is 5.32 Å². The summed E-state index contributed by atoms with van der Waals surface area (Å²) in [6, 6.07) is 5.46. The third-order valence-corrected chi connectivity index (χ3v) is 6.93. The number of benzene rings is 1. The highest BCUT2D eigenvalue weighted by molar-refractivity contribution is 5.82. The molecule has 1 N–H and O–H groups in total. The fraction of sp³-hybridized carbons (Fsp3) is 0.640. The van der Waals surface area contributed by atoms with Gasteiger partial charge in [0, 0.05) is 44.8 Å². The summed E-state index contributed by atoms with van der Waals surface area (Å²) in [5, 5.41) is 11.9. The van der Waals surface area contributed by atoms with Crippen molar-refractivity contribution in [2.75, 3.05) is 37.6 Å². The molecule has 0 saturated carbocycles. The molecule has 2 saturated heterocycles. The molecule has 0 radical (unpaired) electrons. The number of likely N-dealkylation sites (tertiary alicyclic amines) is 1. The lowest BCUT2D eigenvalue weighted by atomic mass is 9.78. The number of halogens is 3.